The van der Waals surface area contributed by atoms with Crippen LogP contribution in [0.15, 0.2) is 83.6 Å². The van der Waals surface area contributed by atoms with Crippen LogP contribution in [0.3, 0.4) is 0 Å². The minimum Gasteiger partial charge on any atom is -0.507 e. The first-order chi connectivity index (χ1) is 18.3. The van der Waals surface area contributed by atoms with Gasteiger partial charge in [-0.25, -0.2) is 0 Å². The van der Waals surface area contributed by atoms with Crippen molar-refractivity contribution >= 4 is 34.7 Å². The highest BCUT2D eigenvalue weighted by molar-refractivity contribution is 6.30. The Bertz CT molecular complexity index is 1470. The number of halogens is 1. The average Bonchev–Trinajstić information content (AvgIpc) is 2.93. The second-order valence-electron chi connectivity index (χ2n) is 9.47. The quantitative estimate of drug-likeness (QED) is 0.341. The number of hydrogen-bond acceptors (Lipinski definition) is 5. The van der Waals surface area contributed by atoms with Crippen LogP contribution in [0.5, 0.6) is 11.5 Å². The predicted octanol–water partition coefficient (Wildman–Crippen LogP) is 7.22. The fourth-order valence-electron chi connectivity index (χ4n) is 5.31. The van der Waals surface area contributed by atoms with Crippen molar-refractivity contribution < 1.29 is 19.4 Å². The Morgan fingerprint density at radius 1 is 1.00 bits per heavy atom. The summed E-state index contributed by atoms with van der Waals surface area (Å²) in [4.78, 5) is 15.5. The lowest BCUT2D eigenvalue weighted by Crippen LogP contribution is -2.42. The second kappa shape index (κ2) is 10.4. The number of nitrogens with one attached hydrogen (secondary N) is 1. The highest BCUT2D eigenvalue weighted by Crippen LogP contribution is 2.50. The molecule has 0 amide bonds. The summed E-state index contributed by atoms with van der Waals surface area (Å²) in [6, 6.07) is 20.0. The summed E-state index contributed by atoms with van der Waals surface area (Å²) in [5, 5.41) is 21.8. The molecule has 194 valence electrons. The van der Waals surface area contributed by atoms with E-state index in [4.69, 9.17) is 21.1 Å². The molecule has 1 aliphatic heterocycles. The third-order valence-electron chi connectivity index (χ3n) is 7.17. The number of hydrogen-bond donors (Lipinski definition) is 2. The maximum Gasteiger partial charge on any atom is 0.161 e. The second-order valence-corrected chi connectivity index (χ2v) is 9.90. The fraction of sp³-hybridized carbons (Fsp3) is 0.226. The first-order valence-corrected chi connectivity index (χ1v) is 12.8. The number of benzene rings is 3. The summed E-state index contributed by atoms with van der Waals surface area (Å²) in [6.45, 7) is 1.97. The summed E-state index contributed by atoms with van der Waals surface area (Å²) < 4.78 is 11.2. The third-order valence-corrected chi connectivity index (χ3v) is 7.42. The van der Waals surface area contributed by atoms with Crippen molar-refractivity contribution in [2.45, 2.75) is 32.1 Å². The van der Waals surface area contributed by atoms with E-state index in [0.29, 0.717) is 63.7 Å². The molecule has 1 heterocycles. The molecule has 6 nitrogen and oxygen atoms in total. The normalized spacial score (nSPS) is 18.8. The fourth-order valence-corrected chi connectivity index (χ4v) is 5.44. The van der Waals surface area contributed by atoms with Crippen LogP contribution in [0.2, 0.25) is 5.02 Å². The van der Waals surface area contributed by atoms with Crippen LogP contribution in [0.1, 0.15) is 41.9 Å². The summed E-state index contributed by atoms with van der Waals surface area (Å²) in [5.74, 6) is 0.430. The maximum atomic E-state index is 13.7. The van der Waals surface area contributed by atoms with Crippen molar-refractivity contribution in [2.75, 3.05) is 19.1 Å². The molecule has 1 atom stereocenters. The Morgan fingerprint density at radius 3 is 2.37 bits per heavy atom. The maximum absolute atomic E-state index is 13.7. The van der Waals surface area contributed by atoms with Crippen LogP contribution >= 0.6 is 11.6 Å². The molecule has 0 unspecified atom stereocenters. The molecule has 0 bridgehead atoms. The molecule has 7 heteroatoms. The molecule has 1 aliphatic carbocycles. The van der Waals surface area contributed by atoms with Crippen LogP contribution in [0.4, 0.5) is 5.69 Å². The minimum absolute atomic E-state index is 0.0122. The van der Waals surface area contributed by atoms with Crippen LogP contribution in [-0.4, -0.2) is 30.9 Å². The molecule has 38 heavy (non-hydrogen) atoms. The monoisotopic (exact) mass is 528 g/mol. The predicted molar refractivity (Wildman–Crippen MR) is 151 cm³/mol. The van der Waals surface area contributed by atoms with E-state index in [1.807, 2.05) is 49.4 Å². The van der Waals surface area contributed by atoms with Gasteiger partial charge in [0.05, 0.1) is 20.1 Å². The minimum atomic E-state index is -0.722. The Balaban J connectivity index is 1.86. The molecule has 2 N–H and O–H groups in total. The number of ether oxygens (including phenoxy) is 2. The van der Waals surface area contributed by atoms with Crippen LogP contribution < -0.4 is 14.4 Å². The van der Waals surface area contributed by atoms with Gasteiger partial charge in [0.25, 0.3) is 0 Å². The molecule has 3 aromatic rings. The highest BCUT2D eigenvalue weighted by atomic mass is 35.5. The van der Waals surface area contributed by atoms with Gasteiger partial charge < -0.3 is 14.6 Å². The summed E-state index contributed by atoms with van der Waals surface area (Å²) >= 11 is 6.17. The number of nitrogens with zero attached hydrogens (tertiary/aromatic N) is 1. The number of ketones is 1. The summed E-state index contributed by atoms with van der Waals surface area (Å²) in [5.41, 5.74) is 4.60. The number of aliphatic hydroxyl groups excluding tert-OH is 1. The third kappa shape index (κ3) is 4.45. The van der Waals surface area contributed by atoms with Gasteiger partial charge in [-0.15, -0.1) is 0 Å². The van der Waals surface area contributed by atoms with E-state index < -0.39 is 5.92 Å². The van der Waals surface area contributed by atoms with Crippen molar-refractivity contribution in [1.29, 1.82) is 5.41 Å². The molecule has 3 aromatic carbocycles. The molecule has 5 rings (SSSR count). The number of amidine groups is 1. The zero-order chi connectivity index (χ0) is 27.0. The van der Waals surface area contributed by atoms with E-state index in [9.17, 15) is 15.3 Å². The lowest BCUT2D eigenvalue weighted by Gasteiger charge is -2.42. The van der Waals surface area contributed by atoms with E-state index in [2.05, 4.69) is 0 Å². The largest absolute Gasteiger partial charge is 0.507 e. The topological polar surface area (TPSA) is 82.8 Å². The first kappa shape index (κ1) is 25.6. The zero-order valence-corrected chi connectivity index (χ0v) is 22.3. The lowest BCUT2D eigenvalue weighted by atomic mass is 9.73. The number of allylic oxidation sites excluding steroid dienone is 2. The van der Waals surface area contributed by atoms with Gasteiger partial charge in [0, 0.05) is 45.1 Å². The van der Waals surface area contributed by atoms with Gasteiger partial charge >= 0.3 is 0 Å². The molecule has 0 saturated heterocycles. The van der Waals surface area contributed by atoms with E-state index >= 15 is 0 Å². The van der Waals surface area contributed by atoms with Crippen molar-refractivity contribution in [1.82, 2.24) is 0 Å². The molecule has 0 spiro atoms. The first-order valence-electron chi connectivity index (χ1n) is 12.5. The summed E-state index contributed by atoms with van der Waals surface area (Å²) in [6.07, 6.45) is 1.69. The number of methoxy groups -OCH3 is 2. The number of carbonyl (C=O) groups is 1. The van der Waals surface area contributed by atoms with Gasteiger partial charge in [-0.05, 0) is 62.2 Å². The van der Waals surface area contributed by atoms with Crippen LogP contribution in [0.25, 0.3) is 5.76 Å². The van der Waals surface area contributed by atoms with E-state index in [-0.39, 0.29) is 17.4 Å². The number of rotatable bonds is 5. The SMILES string of the molecule is COc1ccc(OC)c([C@H]2C(=C(O)c3ccc(C)cc3)C(=N)N(c3ccc(Cl)cc3)C3=C2C(=O)CCC3)c1. The Morgan fingerprint density at radius 2 is 1.71 bits per heavy atom. The van der Waals surface area contributed by atoms with Gasteiger partial charge in [-0.2, -0.15) is 0 Å². The number of carbonyl (C=O) groups excluding carboxylic acids is 1. The van der Waals surface area contributed by atoms with Crippen molar-refractivity contribution in [3.8, 4) is 11.5 Å². The van der Waals surface area contributed by atoms with Crippen molar-refractivity contribution in [3.63, 3.8) is 0 Å². The number of Topliss-reactive ketones (excluding diaryl/α,β-unsaturated/α-hetero) is 1. The van der Waals surface area contributed by atoms with Crippen molar-refractivity contribution in [3.05, 3.63) is 105 Å². The van der Waals surface area contributed by atoms with Gasteiger partial charge in [0.2, 0.25) is 0 Å². The number of aryl methyl sites for hydroxylation is 1. The molecular formula is C31H29ClN2O4. The highest BCUT2D eigenvalue weighted by Gasteiger charge is 2.44. The molecule has 0 fully saturated rings. The van der Waals surface area contributed by atoms with E-state index in [1.54, 1.807) is 43.4 Å². The number of aliphatic hydroxyl groups is 1. The lowest BCUT2D eigenvalue weighted by molar-refractivity contribution is -0.116. The van der Waals surface area contributed by atoms with Gasteiger partial charge in [0.1, 0.15) is 23.1 Å². The Hall–Kier alpha value is -4.03. The molecule has 0 radical (unpaired) electrons. The molecular weight excluding hydrogens is 500 g/mol. The van der Waals surface area contributed by atoms with E-state index in [0.717, 1.165) is 11.3 Å². The zero-order valence-electron chi connectivity index (χ0n) is 21.5. The van der Waals surface area contributed by atoms with Gasteiger partial charge in [-0.1, -0.05) is 41.4 Å². The van der Waals surface area contributed by atoms with Crippen LogP contribution in [0, 0.1) is 12.3 Å². The smallest absolute Gasteiger partial charge is 0.161 e. The number of anilines is 1. The van der Waals surface area contributed by atoms with Gasteiger partial charge in [0.15, 0.2) is 5.78 Å². The van der Waals surface area contributed by atoms with Gasteiger partial charge in [-0.3, -0.25) is 15.1 Å². The van der Waals surface area contributed by atoms with Crippen LogP contribution in [-0.2, 0) is 4.79 Å². The molecule has 0 saturated carbocycles. The van der Waals surface area contributed by atoms with E-state index in [1.165, 1.54) is 0 Å². The molecule has 0 aromatic heterocycles. The standard InChI is InChI=1S/C31H29ClN2O4/c1-18-7-9-19(10-8-18)30(36)29-27(23-17-22(37-2)15-16-26(23)38-3)28-24(5-4-6-25(28)35)34(31(29)33)21-13-11-20(32)12-14-21/h7-17,27,33,36H,4-6H2,1-3H3/t27-/m1/s1. The Labute approximate surface area is 227 Å². The average molecular weight is 529 g/mol. The molecule has 2 aliphatic rings. The Kier molecular flexibility index (Phi) is 7.00. The van der Waals surface area contributed by atoms with Crippen molar-refractivity contribution in [2.24, 2.45) is 0 Å². The summed E-state index contributed by atoms with van der Waals surface area (Å²) in [7, 11) is 3.15.